The van der Waals surface area contributed by atoms with E-state index in [4.69, 9.17) is 0 Å². The first-order valence-electron chi connectivity index (χ1n) is 6.88. The van der Waals surface area contributed by atoms with E-state index in [2.05, 4.69) is 5.32 Å². The van der Waals surface area contributed by atoms with Gasteiger partial charge in [0.2, 0.25) is 5.91 Å². The van der Waals surface area contributed by atoms with E-state index < -0.39 is 17.8 Å². The van der Waals surface area contributed by atoms with E-state index in [9.17, 15) is 14.7 Å². The number of carboxylic acids is 1. The van der Waals surface area contributed by atoms with Crippen LogP contribution in [-0.4, -0.2) is 17.0 Å². The zero-order valence-corrected chi connectivity index (χ0v) is 11.8. The van der Waals surface area contributed by atoms with Crippen molar-refractivity contribution in [1.29, 1.82) is 0 Å². The van der Waals surface area contributed by atoms with Crippen molar-refractivity contribution in [1.82, 2.24) is 5.32 Å². The lowest BCUT2D eigenvalue weighted by molar-refractivity contribution is -0.153. The van der Waals surface area contributed by atoms with Crippen molar-refractivity contribution in [3.8, 4) is 0 Å². The zero-order chi connectivity index (χ0) is 14.1. The van der Waals surface area contributed by atoms with Gasteiger partial charge in [0.05, 0.1) is 18.4 Å². The maximum Gasteiger partial charge on any atom is 0.307 e. The summed E-state index contributed by atoms with van der Waals surface area (Å²) < 4.78 is 0. The summed E-state index contributed by atoms with van der Waals surface area (Å²) in [4.78, 5) is 25.0. The molecule has 0 spiro atoms. The third-order valence-electron chi connectivity index (χ3n) is 4.35. The Morgan fingerprint density at radius 2 is 1.95 bits per heavy atom. The molecule has 4 rings (SSSR count). The first kappa shape index (κ1) is 13.4. The van der Waals surface area contributed by atoms with Crippen LogP contribution in [0.5, 0.6) is 0 Å². The fourth-order valence-electron chi connectivity index (χ4n) is 3.39. The summed E-state index contributed by atoms with van der Waals surface area (Å²) in [7, 11) is 0. The number of allylic oxidation sites excluding steroid dienone is 2. The molecule has 0 aliphatic heterocycles. The quantitative estimate of drug-likeness (QED) is 0.836. The molecule has 1 aromatic rings. The van der Waals surface area contributed by atoms with Gasteiger partial charge in [0, 0.05) is 4.88 Å². The maximum absolute atomic E-state index is 12.4. The minimum Gasteiger partial charge on any atom is -0.481 e. The molecule has 1 amide bonds. The molecule has 1 fully saturated rings. The number of carboxylic acid groups (broad SMARTS) is 1. The number of fused-ring (bicyclic) bond motifs is 2. The van der Waals surface area contributed by atoms with Gasteiger partial charge in [0.15, 0.2) is 0 Å². The minimum atomic E-state index is -0.847. The molecule has 0 saturated heterocycles. The molecule has 2 bridgehead atoms. The normalized spacial score (nSPS) is 31.2. The predicted molar refractivity (Wildman–Crippen MR) is 76.1 cm³/mol. The van der Waals surface area contributed by atoms with Gasteiger partial charge in [-0.25, -0.2) is 0 Å². The molecular formula is C15H17NO3S. The summed E-state index contributed by atoms with van der Waals surface area (Å²) in [5.74, 6) is -1.87. The molecule has 0 aromatic carbocycles. The molecule has 2 N–H and O–H groups in total. The van der Waals surface area contributed by atoms with Crippen LogP contribution in [0.1, 0.15) is 17.7 Å². The topological polar surface area (TPSA) is 66.4 Å². The van der Waals surface area contributed by atoms with Gasteiger partial charge in [-0.15, -0.1) is 11.3 Å². The van der Waals surface area contributed by atoms with E-state index in [1.165, 1.54) is 0 Å². The average molecular weight is 291 g/mol. The highest BCUT2D eigenvalue weighted by atomic mass is 32.1. The van der Waals surface area contributed by atoms with Gasteiger partial charge in [0.25, 0.3) is 0 Å². The SMILES string of the molecule is O=C(O)[C@@H]1[C@H](C(=O)NCc2cccs2)[C@@H]2C=C[C@H]1CC2. The monoisotopic (exact) mass is 291 g/mol. The molecule has 1 aromatic heterocycles. The van der Waals surface area contributed by atoms with E-state index in [1.54, 1.807) is 11.3 Å². The number of hydrogen-bond acceptors (Lipinski definition) is 3. The Bertz CT molecular complexity index is 537. The van der Waals surface area contributed by atoms with Crippen LogP contribution in [0.15, 0.2) is 29.7 Å². The van der Waals surface area contributed by atoms with Crippen molar-refractivity contribution in [2.45, 2.75) is 19.4 Å². The molecule has 1 heterocycles. The lowest BCUT2D eigenvalue weighted by Gasteiger charge is -2.41. The smallest absolute Gasteiger partial charge is 0.307 e. The van der Waals surface area contributed by atoms with Crippen LogP contribution < -0.4 is 5.32 Å². The lowest BCUT2D eigenvalue weighted by Crippen LogP contribution is -2.48. The number of rotatable bonds is 4. The highest BCUT2D eigenvalue weighted by Crippen LogP contribution is 2.45. The van der Waals surface area contributed by atoms with E-state index in [-0.39, 0.29) is 17.7 Å². The third kappa shape index (κ3) is 2.38. The number of nitrogens with one attached hydrogen (secondary N) is 1. The fraction of sp³-hybridized carbons (Fsp3) is 0.467. The molecule has 3 aliphatic carbocycles. The van der Waals surface area contributed by atoms with Crippen molar-refractivity contribution in [2.75, 3.05) is 0 Å². The van der Waals surface area contributed by atoms with Gasteiger partial charge in [-0.3, -0.25) is 9.59 Å². The predicted octanol–water partition coefficient (Wildman–Crippen LogP) is 2.28. The molecule has 106 valence electrons. The van der Waals surface area contributed by atoms with E-state index >= 15 is 0 Å². The number of hydrogen-bond donors (Lipinski definition) is 2. The summed E-state index contributed by atoms with van der Waals surface area (Å²) >= 11 is 1.59. The molecule has 0 radical (unpaired) electrons. The third-order valence-corrected chi connectivity index (χ3v) is 5.23. The number of carbonyl (C=O) groups excluding carboxylic acids is 1. The van der Waals surface area contributed by atoms with Crippen molar-refractivity contribution >= 4 is 23.2 Å². The Morgan fingerprint density at radius 3 is 2.50 bits per heavy atom. The molecular weight excluding hydrogens is 274 g/mol. The number of amides is 1. The van der Waals surface area contributed by atoms with Gasteiger partial charge < -0.3 is 10.4 Å². The van der Waals surface area contributed by atoms with Gasteiger partial charge in [0.1, 0.15) is 0 Å². The minimum absolute atomic E-state index is 0.00925. The van der Waals surface area contributed by atoms with Crippen molar-refractivity contribution in [3.05, 3.63) is 34.5 Å². The molecule has 4 atom stereocenters. The van der Waals surface area contributed by atoms with E-state index in [0.717, 1.165) is 17.7 Å². The largest absolute Gasteiger partial charge is 0.481 e. The molecule has 5 heteroatoms. The second-order valence-electron chi connectivity index (χ2n) is 5.48. The number of thiophene rings is 1. The average Bonchev–Trinajstić information content (AvgIpc) is 2.98. The Hall–Kier alpha value is -1.62. The zero-order valence-electron chi connectivity index (χ0n) is 11.0. The van der Waals surface area contributed by atoms with Crippen LogP contribution in [0.2, 0.25) is 0 Å². The summed E-state index contributed by atoms with van der Waals surface area (Å²) in [6.45, 7) is 0.487. The van der Waals surface area contributed by atoms with E-state index in [1.807, 2.05) is 29.7 Å². The summed E-state index contributed by atoms with van der Waals surface area (Å²) in [6.07, 6.45) is 5.81. The Kier molecular flexibility index (Phi) is 3.61. The van der Waals surface area contributed by atoms with Crippen LogP contribution in [0.25, 0.3) is 0 Å². The Balaban J connectivity index is 1.72. The maximum atomic E-state index is 12.4. The van der Waals surface area contributed by atoms with Gasteiger partial charge in [-0.05, 0) is 36.1 Å². The first-order chi connectivity index (χ1) is 9.66. The first-order valence-corrected chi connectivity index (χ1v) is 7.76. The van der Waals surface area contributed by atoms with E-state index in [0.29, 0.717) is 6.54 Å². The second-order valence-corrected chi connectivity index (χ2v) is 6.51. The summed E-state index contributed by atoms with van der Waals surface area (Å²) in [5.41, 5.74) is 0. The van der Waals surface area contributed by atoms with Gasteiger partial charge in [-0.2, -0.15) is 0 Å². The Morgan fingerprint density at radius 1 is 1.25 bits per heavy atom. The molecule has 4 nitrogen and oxygen atoms in total. The summed E-state index contributed by atoms with van der Waals surface area (Å²) in [6, 6.07) is 3.91. The van der Waals surface area contributed by atoms with Crippen LogP contribution >= 0.6 is 11.3 Å². The molecule has 20 heavy (non-hydrogen) atoms. The second kappa shape index (κ2) is 5.40. The molecule has 1 saturated carbocycles. The van der Waals surface area contributed by atoms with Crippen molar-refractivity contribution in [3.63, 3.8) is 0 Å². The lowest BCUT2D eigenvalue weighted by atomic mass is 9.62. The Labute approximate surface area is 121 Å². The number of carbonyl (C=O) groups is 2. The summed E-state index contributed by atoms with van der Waals surface area (Å²) in [5, 5.41) is 14.3. The number of aliphatic carboxylic acids is 1. The highest BCUT2D eigenvalue weighted by molar-refractivity contribution is 7.09. The van der Waals surface area contributed by atoms with Crippen LogP contribution in [0, 0.1) is 23.7 Å². The van der Waals surface area contributed by atoms with Crippen molar-refractivity contribution < 1.29 is 14.7 Å². The van der Waals surface area contributed by atoms with Crippen LogP contribution in [0.3, 0.4) is 0 Å². The molecule has 0 unspecified atom stereocenters. The van der Waals surface area contributed by atoms with Gasteiger partial charge >= 0.3 is 5.97 Å². The van der Waals surface area contributed by atoms with Crippen LogP contribution in [-0.2, 0) is 16.1 Å². The van der Waals surface area contributed by atoms with Gasteiger partial charge in [-0.1, -0.05) is 18.2 Å². The standard InChI is InChI=1S/C15H17NO3S/c17-14(16-8-11-2-1-7-20-11)12-9-3-5-10(6-4-9)13(12)15(18)19/h1-3,5,7,9-10,12-13H,4,6,8H2,(H,16,17)(H,18,19)/t9-,10+,12-,13+/m1/s1. The van der Waals surface area contributed by atoms with Crippen molar-refractivity contribution in [2.24, 2.45) is 23.7 Å². The fourth-order valence-corrected chi connectivity index (χ4v) is 4.04. The van der Waals surface area contributed by atoms with Crippen LogP contribution in [0.4, 0.5) is 0 Å². The highest BCUT2D eigenvalue weighted by Gasteiger charge is 2.48. The molecule has 3 aliphatic rings.